The van der Waals surface area contributed by atoms with E-state index in [-0.39, 0.29) is 35.9 Å². The van der Waals surface area contributed by atoms with Crippen molar-refractivity contribution in [3.05, 3.63) is 33.8 Å². The maximum atomic E-state index is 12.4. The minimum Gasteiger partial charge on any atom is -0.350 e. The predicted octanol–water partition coefficient (Wildman–Crippen LogP) is 2.30. The number of halogens is 2. The lowest BCUT2D eigenvalue weighted by Gasteiger charge is -2.35. The van der Waals surface area contributed by atoms with Gasteiger partial charge in [0, 0.05) is 16.1 Å². The second kappa shape index (κ2) is 7.82. The molecule has 3 rings (SSSR count). The van der Waals surface area contributed by atoms with E-state index in [9.17, 15) is 13.2 Å². The van der Waals surface area contributed by atoms with Crippen molar-refractivity contribution in [2.75, 3.05) is 24.6 Å². The molecule has 138 valence electrons. The quantitative estimate of drug-likeness (QED) is 0.835. The number of rotatable bonds is 4. The van der Waals surface area contributed by atoms with Crippen molar-refractivity contribution in [1.82, 2.24) is 10.2 Å². The molecule has 2 aliphatic heterocycles. The van der Waals surface area contributed by atoms with Crippen molar-refractivity contribution in [3.8, 4) is 0 Å². The number of nitrogens with one attached hydrogen (secondary N) is 1. The molecule has 1 aromatic rings. The molecule has 0 radical (unpaired) electrons. The van der Waals surface area contributed by atoms with Crippen LogP contribution >= 0.6 is 23.2 Å². The fourth-order valence-corrected chi connectivity index (χ4v) is 6.10. The summed E-state index contributed by atoms with van der Waals surface area (Å²) in [6.07, 6.45) is 3.45. The fraction of sp³-hybridized carbons (Fsp3) is 0.588. The highest BCUT2D eigenvalue weighted by molar-refractivity contribution is 7.91. The Kier molecular flexibility index (Phi) is 5.93. The number of amides is 1. The van der Waals surface area contributed by atoms with Crippen LogP contribution in [0.4, 0.5) is 0 Å². The van der Waals surface area contributed by atoms with Crippen LogP contribution in [-0.2, 0) is 21.1 Å². The molecule has 0 bridgehead atoms. The van der Waals surface area contributed by atoms with Crippen LogP contribution in [0.5, 0.6) is 0 Å². The van der Waals surface area contributed by atoms with Gasteiger partial charge in [0.1, 0.15) is 0 Å². The van der Waals surface area contributed by atoms with E-state index in [1.54, 1.807) is 18.2 Å². The molecule has 5 nitrogen and oxygen atoms in total. The zero-order chi connectivity index (χ0) is 18.0. The molecule has 2 heterocycles. The van der Waals surface area contributed by atoms with Crippen molar-refractivity contribution >= 4 is 38.9 Å². The number of likely N-dealkylation sites (tertiary alicyclic amines) is 1. The Hall–Kier alpha value is -0.820. The highest BCUT2D eigenvalue weighted by Crippen LogP contribution is 2.24. The maximum absolute atomic E-state index is 12.4. The number of hydrogen-bond acceptors (Lipinski definition) is 4. The lowest BCUT2D eigenvalue weighted by Crippen LogP contribution is -2.52. The van der Waals surface area contributed by atoms with Crippen LogP contribution < -0.4 is 5.32 Å². The van der Waals surface area contributed by atoms with E-state index in [4.69, 9.17) is 23.2 Å². The summed E-state index contributed by atoms with van der Waals surface area (Å²) in [4.78, 5) is 14.6. The Bertz CT molecular complexity index is 748. The molecule has 0 saturated carbocycles. The molecular weight excluding hydrogens is 383 g/mol. The van der Waals surface area contributed by atoms with E-state index in [2.05, 4.69) is 10.2 Å². The normalized spacial score (nSPS) is 26.5. The predicted molar refractivity (Wildman–Crippen MR) is 100.0 cm³/mol. The molecular formula is C17H22Cl2N2O3S. The van der Waals surface area contributed by atoms with Gasteiger partial charge in [-0.05, 0) is 43.6 Å². The summed E-state index contributed by atoms with van der Waals surface area (Å²) in [5.74, 6) is -0.0817. The van der Waals surface area contributed by atoms with Gasteiger partial charge in [0.15, 0.2) is 9.84 Å². The molecule has 2 unspecified atom stereocenters. The maximum Gasteiger partial charge on any atom is 0.224 e. The average molecular weight is 405 g/mol. The molecule has 0 aliphatic carbocycles. The number of sulfone groups is 1. The standard InChI is InChI=1S/C17H22Cl2N2O3S/c18-13-5-4-12(14(19)9-13)8-17(22)20-15-10-25(23,24)11-16(15)21-6-2-1-3-7-21/h4-5,9,15-16H,1-3,6-8,10-11H2,(H,20,22). The SMILES string of the molecule is O=C(Cc1ccc(Cl)cc1Cl)NC1CS(=O)(=O)CC1N1CCCCC1. The van der Waals surface area contributed by atoms with Crippen molar-refractivity contribution in [2.45, 2.75) is 37.8 Å². The highest BCUT2D eigenvalue weighted by Gasteiger charge is 2.41. The fourth-order valence-electron chi connectivity index (χ4n) is 3.67. The Labute approximate surface area is 158 Å². The Balaban J connectivity index is 1.67. The third-order valence-corrected chi connectivity index (χ3v) is 7.20. The van der Waals surface area contributed by atoms with Gasteiger partial charge in [-0.2, -0.15) is 0 Å². The molecule has 2 aliphatic rings. The second-order valence-corrected chi connectivity index (χ2v) is 9.82. The molecule has 2 fully saturated rings. The number of piperidine rings is 1. The van der Waals surface area contributed by atoms with Crippen molar-refractivity contribution < 1.29 is 13.2 Å². The van der Waals surface area contributed by atoms with Crippen molar-refractivity contribution in [2.24, 2.45) is 0 Å². The summed E-state index contributed by atoms with van der Waals surface area (Å²) in [6, 6.07) is 4.52. The Morgan fingerprint density at radius 1 is 1.16 bits per heavy atom. The van der Waals surface area contributed by atoms with E-state index in [0.29, 0.717) is 15.6 Å². The average Bonchev–Trinajstić information content (AvgIpc) is 2.85. The van der Waals surface area contributed by atoms with Gasteiger partial charge >= 0.3 is 0 Å². The first-order chi connectivity index (χ1) is 11.8. The molecule has 8 heteroatoms. The van der Waals surface area contributed by atoms with Crippen LogP contribution in [0, 0.1) is 0 Å². The van der Waals surface area contributed by atoms with E-state index >= 15 is 0 Å². The first-order valence-electron chi connectivity index (χ1n) is 8.52. The van der Waals surface area contributed by atoms with Gasteiger partial charge in [0.25, 0.3) is 0 Å². The number of benzene rings is 1. The van der Waals surface area contributed by atoms with Gasteiger partial charge in [-0.1, -0.05) is 35.7 Å². The van der Waals surface area contributed by atoms with Crippen LogP contribution in [0.2, 0.25) is 10.0 Å². The Morgan fingerprint density at radius 2 is 1.88 bits per heavy atom. The van der Waals surface area contributed by atoms with Crippen LogP contribution in [0.25, 0.3) is 0 Å². The first kappa shape index (κ1) is 19.0. The van der Waals surface area contributed by atoms with Crippen molar-refractivity contribution in [3.63, 3.8) is 0 Å². The number of carbonyl (C=O) groups is 1. The zero-order valence-electron chi connectivity index (χ0n) is 13.9. The largest absolute Gasteiger partial charge is 0.350 e. The minimum absolute atomic E-state index is 0.00819. The summed E-state index contributed by atoms with van der Waals surface area (Å²) >= 11 is 12.0. The van der Waals surface area contributed by atoms with Crippen LogP contribution in [-0.4, -0.2) is 55.9 Å². The minimum atomic E-state index is -3.13. The van der Waals surface area contributed by atoms with Gasteiger partial charge in [0.2, 0.25) is 5.91 Å². The van der Waals surface area contributed by atoms with Gasteiger partial charge in [-0.25, -0.2) is 8.42 Å². The number of hydrogen-bond donors (Lipinski definition) is 1. The smallest absolute Gasteiger partial charge is 0.224 e. The van der Waals surface area contributed by atoms with E-state index < -0.39 is 9.84 Å². The lowest BCUT2D eigenvalue weighted by atomic mass is 10.0. The van der Waals surface area contributed by atoms with Gasteiger partial charge in [-0.3, -0.25) is 9.69 Å². The first-order valence-corrected chi connectivity index (χ1v) is 11.1. The van der Waals surface area contributed by atoms with E-state index in [1.165, 1.54) is 6.42 Å². The molecule has 25 heavy (non-hydrogen) atoms. The summed E-state index contributed by atoms with van der Waals surface area (Å²) in [7, 11) is -3.13. The van der Waals surface area contributed by atoms with Gasteiger partial charge in [0.05, 0.1) is 24.0 Å². The third kappa shape index (κ3) is 4.88. The topological polar surface area (TPSA) is 66.5 Å². The third-order valence-electron chi connectivity index (χ3n) is 4.89. The lowest BCUT2D eigenvalue weighted by molar-refractivity contribution is -0.121. The molecule has 1 N–H and O–H groups in total. The molecule has 2 saturated heterocycles. The zero-order valence-corrected chi connectivity index (χ0v) is 16.2. The highest BCUT2D eigenvalue weighted by atomic mass is 35.5. The van der Waals surface area contributed by atoms with Crippen LogP contribution in [0.1, 0.15) is 24.8 Å². The van der Waals surface area contributed by atoms with Crippen LogP contribution in [0.15, 0.2) is 18.2 Å². The summed E-state index contributed by atoms with van der Waals surface area (Å²) in [5.41, 5.74) is 0.680. The van der Waals surface area contributed by atoms with Crippen LogP contribution in [0.3, 0.4) is 0 Å². The molecule has 2 atom stereocenters. The molecule has 1 aromatic carbocycles. The summed E-state index contributed by atoms with van der Waals surface area (Å²) < 4.78 is 24.2. The number of carbonyl (C=O) groups excluding carboxylic acids is 1. The van der Waals surface area contributed by atoms with E-state index in [0.717, 1.165) is 25.9 Å². The number of nitrogens with zero attached hydrogens (tertiary/aromatic N) is 1. The summed E-state index contributed by atoms with van der Waals surface area (Å²) in [6.45, 7) is 1.80. The second-order valence-electron chi connectivity index (χ2n) is 6.83. The summed E-state index contributed by atoms with van der Waals surface area (Å²) in [5, 5.41) is 3.87. The molecule has 0 spiro atoms. The molecule has 1 amide bonds. The van der Waals surface area contributed by atoms with Gasteiger partial charge in [-0.15, -0.1) is 0 Å². The van der Waals surface area contributed by atoms with E-state index in [1.807, 2.05) is 0 Å². The Morgan fingerprint density at radius 3 is 2.56 bits per heavy atom. The van der Waals surface area contributed by atoms with Crippen molar-refractivity contribution in [1.29, 1.82) is 0 Å². The van der Waals surface area contributed by atoms with Gasteiger partial charge < -0.3 is 5.32 Å². The molecule has 0 aromatic heterocycles. The monoisotopic (exact) mass is 404 g/mol.